The average Bonchev–Trinajstić information content (AvgIpc) is 3.14. The van der Waals surface area contributed by atoms with Crippen LogP contribution in [0.1, 0.15) is 34.3 Å². The van der Waals surface area contributed by atoms with Gasteiger partial charge in [-0.15, -0.1) is 0 Å². The van der Waals surface area contributed by atoms with Crippen LogP contribution in [0.5, 0.6) is 0 Å². The highest BCUT2D eigenvalue weighted by Gasteiger charge is 2.27. The van der Waals surface area contributed by atoms with Gasteiger partial charge in [0.15, 0.2) is 0 Å². The molecule has 1 N–H and O–H groups in total. The minimum atomic E-state index is -3.53. The molecule has 0 bridgehead atoms. The van der Waals surface area contributed by atoms with E-state index in [9.17, 15) is 13.2 Å². The molecule has 0 unspecified atom stereocenters. The second kappa shape index (κ2) is 6.98. The summed E-state index contributed by atoms with van der Waals surface area (Å²) in [7, 11) is -3.53. The molecule has 6 heteroatoms. The predicted molar refractivity (Wildman–Crippen MR) is 98.3 cm³/mol. The summed E-state index contributed by atoms with van der Waals surface area (Å²) in [5.41, 5.74) is 3.26. The minimum Gasteiger partial charge on any atom is -0.322 e. The number of carbonyl (C=O) groups is 1. The van der Waals surface area contributed by atoms with Crippen molar-refractivity contribution in [3.05, 3.63) is 59.2 Å². The molecular formula is C19H22N2O3S. The summed E-state index contributed by atoms with van der Waals surface area (Å²) in [5.74, 6) is -0.318. The molecule has 1 amide bonds. The fraction of sp³-hybridized carbons (Fsp3) is 0.316. The second-order valence-corrected chi connectivity index (χ2v) is 8.33. The Labute approximate surface area is 148 Å². The summed E-state index contributed by atoms with van der Waals surface area (Å²) >= 11 is 0. The average molecular weight is 358 g/mol. The van der Waals surface area contributed by atoms with E-state index in [0.717, 1.165) is 24.0 Å². The quantitative estimate of drug-likeness (QED) is 0.911. The number of aryl methyl sites for hydroxylation is 2. The van der Waals surface area contributed by atoms with Crippen LogP contribution in [0.2, 0.25) is 0 Å². The Hall–Kier alpha value is -2.18. The molecule has 5 nitrogen and oxygen atoms in total. The fourth-order valence-electron chi connectivity index (χ4n) is 2.90. The Morgan fingerprint density at radius 3 is 2.40 bits per heavy atom. The monoisotopic (exact) mass is 358 g/mol. The van der Waals surface area contributed by atoms with Crippen LogP contribution in [0.15, 0.2) is 47.4 Å². The SMILES string of the molecule is Cc1ccc(NC(=O)c2cccc(S(=O)(=O)N3CCCC3)c2)cc1C. The van der Waals surface area contributed by atoms with Crippen molar-refractivity contribution in [2.75, 3.05) is 18.4 Å². The van der Waals surface area contributed by atoms with Gasteiger partial charge in [0.1, 0.15) is 0 Å². The molecule has 1 fully saturated rings. The van der Waals surface area contributed by atoms with Crippen molar-refractivity contribution in [1.82, 2.24) is 4.31 Å². The summed E-state index contributed by atoms with van der Waals surface area (Å²) in [6.45, 7) is 5.07. The molecule has 0 atom stereocenters. The van der Waals surface area contributed by atoms with Gasteiger partial charge in [0.2, 0.25) is 10.0 Å². The topological polar surface area (TPSA) is 66.5 Å². The van der Waals surface area contributed by atoms with E-state index in [2.05, 4.69) is 5.32 Å². The van der Waals surface area contributed by atoms with Gasteiger partial charge in [-0.3, -0.25) is 4.79 Å². The third-order valence-corrected chi connectivity index (χ3v) is 6.46. The van der Waals surface area contributed by atoms with E-state index in [1.165, 1.54) is 10.4 Å². The van der Waals surface area contributed by atoms with Crippen molar-refractivity contribution in [2.24, 2.45) is 0 Å². The Bertz CT molecular complexity index is 901. The first kappa shape index (κ1) is 17.6. The lowest BCUT2D eigenvalue weighted by atomic mass is 10.1. The number of sulfonamides is 1. The fourth-order valence-corrected chi connectivity index (χ4v) is 4.46. The highest BCUT2D eigenvalue weighted by Crippen LogP contribution is 2.22. The molecule has 2 aromatic rings. The van der Waals surface area contributed by atoms with Gasteiger partial charge in [0.05, 0.1) is 4.90 Å². The molecule has 0 aromatic heterocycles. The van der Waals surface area contributed by atoms with Gasteiger partial charge in [0, 0.05) is 24.3 Å². The van der Waals surface area contributed by atoms with Crippen molar-refractivity contribution in [1.29, 1.82) is 0 Å². The standard InChI is InChI=1S/C19H22N2O3S/c1-14-8-9-17(12-15(14)2)20-19(22)16-6-5-7-18(13-16)25(23,24)21-10-3-4-11-21/h5-9,12-13H,3-4,10-11H2,1-2H3,(H,20,22). The van der Waals surface area contributed by atoms with Crippen LogP contribution < -0.4 is 5.32 Å². The molecule has 1 aliphatic heterocycles. The van der Waals surface area contributed by atoms with Gasteiger partial charge in [-0.1, -0.05) is 12.1 Å². The molecule has 132 valence electrons. The van der Waals surface area contributed by atoms with E-state index in [0.29, 0.717) is 24.3 Å². The first-order valence-corrected chi connectivity index (χ1v) is 9.81. The van der Waals surface area contributed by atoms with Crippen molar-refractivity contribution in [3.63, 3.8) is 0 Å². The maximum Gasteiger partial charge on any atom is 0.255 e. The van der Waals surface area contributed by atoms with Gasteiger partial charge in [-0.25, -0.2) is 8.42 Å². The zero-order chi connectivity index (χ0) is 18.0. The van der Waals surface area contributed by atoms with Gasteiger partial charge >= 0.3 is 0 Å². The molecule has 25 heavy (non-hydrogen) atoms. The molecule has 1 heterocycles. The smallest absolute Gasteiger partial charge is 0.255 e. The van der Waals surface area contributed by atoms with Crippen molar-refractivity contribution in [3.8, 4) is 0 Å². The highest BCUT2D eigenvalue weighted by atomic mass is 32.2. The van der Waals surface area contributed by atoms with Crippen LogP contribution in [0.3, 0.4) is 0 Å². The van der Waals surface area contributed by atoms with E-state index in [4.69, 9.17) is 0 Å². The van der Waals surface area contributed by atoms with E-state index >= 15 is 0 Å². The summed E-state index contributed by atoms with van der Waals surface area (Å²) in [4.78, 5) is 12.7. The largest absolute Gasteiger partial charge is 0.322 e. The number of rotatable bonds is 4. The van der Waals surface area contributed by atoms with Crippen LogP contribution in [0, 0.1) is 13.8 Å². The third kappa shape index (κ3) is 3.75. The summed E-state index contributed by atoms with van der Waals surface area (Å²) in [5, 5.41) is 2.83. The number of nitrogens with zero attached hydrogens (tertiary/aromatic N) is 1. The zero-order valence-electron chi connectivity index (χ0n) is 14.5. The maximum absolute atomic E-state index is 12.6. The zero-order valence-corrected chi connectivity index (χ0v) is 15.3. The number of hydrogen-bond donors (Lipinski definition) is 1. The third-order valence-electron chi connectivity index (χ3n) is 4.56. The first-order valence-electron chi connectivity index (χ1n) is 8.37. The molecule has 1 saturated heterocycles. The molecule has 0 saturated carbocycles. The van der Waals surface area contributed by atoms with Gasteiger partial charge < -0.3 is 5.32 Å². The summed E-state index contributed by atoms with van der Waals surface area (Å²) in [6.07, 6.45) is 1.76. The maximum atomic E-state index is 12.6. The number of benzene rings is 2. The number of carbonyl (C=O) groups excluding carboxylic acids is 1. The Balaban J connectivity index is 1.83. The lowest BCUT2D eigenvalue weighted by Gasteiger charge is -2.16. The Morgan fingerprint density at radius 2 is 1.72 bits per heavy atom. The van der Waals surface area contributed by atoms with Crippen LogP contribution in [-0.2, 0) is 10.0 Å². The molecular weight excluding hydrogens is 336 g/mol. The van der Waals surface area contributed by atoms with E-state index < -0.39 is 10.0 Å². The van der Waals surface area contributed by atoms with Gasteiger partial charge in [-0.2, -0.15) is 4.31 Å². The Morgan fingerprint density at radius 1 is 1.00 bits per heavy atom. The van der Waals surface area contributed by atoms with Gasteiger partial charge in [-0.05, 0) is 68.1 Å². The lowest BCUT2D eigenvalue weighted by Crippen LogP contribution is -2.28. The minimum absolute atomic E-state index is 0.169. The van der Waals surface area contributed by atoms with E-state index in [1.54, 1.807) is 18.2 Å². The second-order valence-electron chi connectivity index (χ2n) is 6.39. The highest BCUT2D eigenvalue weighted by molar-refractivity contribution is 7.89. The lowest BCUT2D eigenvalue weighted by molar-refractivity contribution is 0.102. The molecule has 0 spiro atoms. The number of amides is 1. The van der Waals surface area contributed by atoms with Crippen LogP contribution in [-0.4, -0.2) is 31.7 Å². The van der Waals surface area contributed by atoms with Crippen LogP contribution in [0.25, 0.3) is 0 Å². The van der Waals surface area contributed by atoms with Crippen LogP contribution in [0.4, 0.5) is 5.69 Å². The number of anilines is 1. The first-order chi connectivity index (χ1) is 11.9. The van der Waals surface area contributed by atoms with Crippen molar-refractivity contribution >= 4 is 21.6 Å². The van der Waals surface area contributed by atoms with E-state index in [1.807, 2.05) is 32.0 Å². The molecule has 0 radical (unpaired) electrons. The predicted octanol–water partition coefficient (Wildman–Crippen LogP) is 3.34. The summed E-state index contributed by atoms with van der Waals surface area (Å²) in [6, 6.07) is 11.9. The van der Waals surface area contributed by atoms with E-state index in [-0.39, 0.29) is 10.8 Å². The Kier molecular flexibility index (Phi) is 4.92. The molecule has 3 rings (SSSR count). The summed E-state index contributed by atoms with van der Waals surface area (Å²) < 4.78 is 26.8. The van der Waals surface area contributed by atoms with Gasteiger partial charge in [0.25, 0.3) is 5.91 Å². The van der Waals surface area contributed by atoms with Crippen LogP contribution >= 0.6 is 0 Å². The molecule has 1 aliphatic rings. The number of nitrogens with one attached hydrogen (secondary N) is 1. The molecule has 0 aliphatic carbocycles. The number of hydrogen-bond acceptors (Lipinski definition) is 3. The molecule has 2 aromatic carbocycles. The normalized spacial score (nSPS) is 15.3. The van der Waals surface area contributed by atoms with Crippen molar-refractivity contribution in [2.45, 2.75) is 31.6 Å². The van der Waals surface area contributed by atoms with Crippen molar-refractivity contribution < 1.29 is 13.2 Å².